The minimum Gasteiger partial charge on any atom is -0.333 e. The van der Waals surface area contributed by atoms with Crippen LogP contribution in [-0.2, 0) is 6.54 Å². The summed E-state index contributed by atoms with van der Waals surface area (Å²) >= 11 is 0. The summed E-state index contributed by atoms with van der Waals surface area (Å²) in [6, 6.07) is 0. The molecule has 1 aromatic rings. The van der Waals surface area contributed by atoms with E-state index in [1.807, 2.05) is 12.5 Å². The average molecular weight is 250 g/mol. The minimum atomic E-state index is 0.661. The van der Waals surface area contributed by atoms with Gasteiger partial charge in [-0.1, -0.05) is 13.8 Å². The number of nitrogens with zero attached hydrogens (tertiary/aromatic N) is 3. The molecule has 1 aliphatic rings. The van der Waals surface area contributed by atoms with Gasteiger partial charge < -0.3 is 14.8 Å². The van der Waals surface area contributed by atoms with Crippen molar-refractivity contribution in [1.82, 2.24) is 19.8 Å². The van der Waals surface area contributed by atoms with Crippen LogP contribution in [0.15, 0.2) is 12.5 Å². The van der Waals surface area contributed by atoms with Crippen molar-refractivity contribution >= 4 is 0 Å². The largest absolute Gasteiger partial charge is 0.333 e. The predicted octanol–water partition coefficient (Wildman–Crippen LogP) is 1.69. The summed E-state index contributed by atoms with van der Waals surface area (Å²) in [7, 11) is 0. The molecule has 0 spiro atoms. The Balaban J connectivity index is 1.90. The van der Waals surface area contributed by atoms with E-state index in [-0.39, 0.29) is 0 Å². The van der Waals surface area contributed by atoms with Gasteiger partial charge in [-0.3, -0.25) is 0 Å². The van der Waals surface area contributed by atoms with Crippen molar-refractivity contribution in [3.63, 3.8) is 0 Å². The van der Waals surface area contributed by atoms with E-state index in [0.29, 0.717) is 5.92 Å². The molecule has 4 heteroatoms. The second kappa shape index (κ2) is 6.90. The molecule has 0 bridgehead atoms. The maximum Gasteiger partial charge on any atom is 0.0948 e. The van der Waals surface area contributed by atoms with Gasteiger partial charge in [0.05, 0.1) is 6.33 Å². The van der Waals surface area contributed by atoms with E-state index in [0.717, 1.165) is 32.7 Å². The van der Waals surface area contributed by atoms with Crippen molar-refractivity contribution in [3.05, 3.63) is 18.2 Å². The van der Waals surface area contributed by atoms with Gasteiger partial charge in [-0.05, 0) is 32.5 Å². The highest BCUT2D eigenvalue weighted by atomic mass is 15.2. The number of likely N-dealkylation sites (N-methyl/N-ethyl adjacent to an activating group) is 1. The first-order chi connectivity index (χ1) is 8.85. The zero-order valence-electron chi connectivity index (χ0n) is 11.7. The molecule has 18 heavy (non-hydrogen) atoms. The molecule has 2 heterocycles. The first-order valence-electron chi connectivity index (χ1n) is 7.28. The maximum atomic E-state index is 4.33. The van der Waals surface area contributed by atoms with Crippen molar-refractivity contribution in [2.45, 2.75) is 39.2 Å². The standard InChI is InChI=1S/C14H26N4/c1-3-7-17(4-2)8-9-18-12-16-11-14(18)13-5-6-15-10-13/h11-13,15H,3-10H2,1-2H3. The van der Waals surface area contributed by atoms with E-state index in [2.05, 4.69) is 33.6 Å². The Hall–Kier alpha value is -0.870. The average Bonchev–Trinajstić information content (AvgIpc) is 3.04. The van der Waals surface area contributed by atoms with Gasteiger partial charge in [-0.25, -0.2) is 4.98 Å². The molecule has 1 unspecified atom stereocenters. The van der Waals surface area contributed by atoms with Crippen molar-refractivity contribution in [3.8, 4) is 0 Å². The van der Waals surface area contributed by atoms with Crippen LogP contribution in [0.25, 0.3) is 0 Å². The summed E-state index contributed by atoms with van der Waals surface area (Å²) in [6.07, 6.45) is 6.52. The van der Waals surface area contributed by atoms with Crippen molar-refractivity contribution in [1.29, 1.82) is 0 Å². The number of hydrogen-bond acceptors (Lipinski definition) is 3. The minimum absolute atomic E-state index is 0.661. The molecular formula is C14H26N4. The van der Waals surface area contributed by atoms with Gasteiger partial charge in [-0.15, -0.1) is 0 Å². The van der Waals surface area contributed by atoms with Gasteiger partial charge in [0.2, 0.25) is 0 Å². The quantitative estimate of drug-likeness (QED) is 0.799. The Kier molecular flexibility index (Phi) is 5.20. The molecule has 1 saturated heterocycles. The number of imidazole rings is 1. The first-order valence-corrected chi connectivity index (χ1v) is 7.28. The number of nitrogens with one attached hydrogen (secondary N) is 1. The third kappa shape index (κ3) is 3.33. The van der Waals surface area contributed by atoms with Gasteiger partial charge in [-0.2, -0.15) is 0 Å². The molecule has 1 N–H and O–H groups in total. The van der Waals surface area contributed by atoms with Crippen molar-refractivity contribution < 1.29 is 0 Å². The fourth-order valence-corrected chi connectivity index (χ4v) is 2.76. The van der Waals surface area contributed by atoms with E-state index >= 15 is 0 Å². The molecule has 0 aromatic carbocycles. The van der Waals surface area contributed by atoms with Crippen LogP contribution in [0.2, 0.25) is 0 Å². The predicted molar refractivity (Wildman–Crippen MR) is 74.9 cm³/mol. The summed E-state index contributed by atoms with van der Waals surface area (Å²) in [5, 5.41) is 3.43. The van der Waals surface area contributed by atoms with Gasteiger partial charge in [0.15, 0.2) is 0 Å². The lowest BCUT2D eigenvalue weighted by atomic mass is 10.1. The second-order valence-corrected chi connectivity index (χ2v) is 5.14. The fraction of sp³-hybridized carbons (Fsp3) is 0.786. The summed E-state index contributed by atoms with van der Waals surface area (Å²) < 4.78 is 2.34. The molecule has 1 fully saturated rings. The molecule has 2 rings (SSSR count). The lowest BCUT2D eigenvalue weighted by Gasteiger charge is -2.21. The third-order valence-corrected chi connectivity index (χ3v) is 3.87. The molecule has 0 aliphatic carbocycles. The van der Waals surface area contributed by atoms with Crippen molar-refractivity contribution in [2.75, 3.05) is 32.7 Å². The van der Waals surface area contributed by atoms with Crippen molar-refractivity contribution in [2.24, 2.45) is 0 Å². The lowest BCUT2D eigenvalue weighted by Crippen LogP contribution is -2.28. The summed E-state index contributed by atoms with van der Waals surface area (Å²) in [5.41, 5.74) is 1.41. The molecule has 0 saturated carbocycles. The lowest BCUT2D eigenvalue weighted by molar-refractivity contribution is 0.275. The molecule has 1 aliphatic heterocycles. The normalized spacial score (nSPS) is 19.8. The molecule has 1 atom stereocenters. The van der Waals surface area contributed by atoms with Crippen LogP contribution >= 0.6 is 0 Å². The van der Waals surface area contributed by atoms with E-state index in [4.69, 9.17) is 0 Å². The molecular weight excluding hydrogens is 224 g/mol. The smallest absolute Gasteiger partial charge is 0.0948 e. The Morgan fingerprint density at radius 1 is 1.44 bits per heavy atom. The molecule has 0 amide bonds. The number of aromatic nitrogens is 2. The van der Waals surface area contributed by atoms with Crippen LogP contribution in [0.3, 0.4) is 0 Å². The highest BCUT2D eigenvalue weighted by Crippen LogP contribution is 2.21. The van der Waals surface area contributed by atoms with E-state index in [1.165, 1.54) is 25.1 Å². The van der Waals surface area contributed by atoms with Crippen LogP contribution in [0.1, 0.15) is 38.3 Å². The van der Waals surface area contributed by atoms with Gasteiger partial charge in [0.25, 0.3) is 0 Å². The van der Waals surface area contributed by atoms with E-state index < -0.39 is 0 Å². The van der Waals surface area contributed by atoms with Crippen LogP contribution in [0.4, 0.5) is 0 Å². The maximum absolute atomic E-state index is 4.33. The summed E-state index contributed by atoms with van der Waals surface area (Å²) in [4.78, 5) is 6.84. The number of hydrogen-bond donors (Lipinski definition) is 1. The molecule has 1 aromatic heterocycles. The van der Waals surface area contributed by atoms with E-state index in [1.54, 1.807) is 0 Å². The monoisotopic (exact) mass is 250 g/mol. The third-order valence-electron chi connectivity index (χ3n) is 3.87. The van der Waals surface area contributed by atoms with E-state index in [9.17, 15) is 0 Å². The topological polar surface area (TPSA) is 33.1 Å². The Morgan fingerprint density at radius 3 is 3.00 bits per heavy atom. The molecule has 102 valence electrons. The van der Waals surface area contributed by atoms with Crippen LogP contribution in [0, 0.1) is 0 Å². The fourth-order valence-electron chi connectivity index (χ4n) is 2.76. The van der Waals surface area contributed by atoms with Gasteiger partial charge >= 0.3 is 0 Å². The highest BCUT2D eigenvalue weighted by Gasteiger charge is 2.20. The molecule has 0 radical (unpaired) electrons. The van der Waals surface area contributed by atoms with Crippen LogP contribution in [0.5, 0.6) is 0 Å². The molecule has 4 nitrogen and oxygen atoms in total. The Morgan fingerprint density at radius 2 is 2.33 bits per heavy atom. The second-order valence-electron chi connectivity index (χ2n) is 5.14. The SMILES string of the molecule is CCCN(CC)CCn1cncc1C1CCNC1. The van der Waals surface area contributed by atoms with Crippen LogP contribution < -0.4 is 5.32 Å². The Labute approximate surface area is 110 Å². The summed E-state index contributed by atoms with van der Waals surface area (Å²) in [5.74, 6) is 0.661. The zero-order chi connectivity index (χ0) is 12.8. The van der Waals surface area contributed by atoms with Gasteiger partial charge in [0, 0.05) is 37.4 Å². The first kappa shape index (κ1) is 13.6. The number of rotatable bonds is 7. The highest BCUT2D eigenvalue weighted by molar-refractivity contribution is 5.09. The van der Waals surface area contributed by atoms with Crippen LogP contribution in [-0.4, -0.2) is 47.2 Å². The zero-order valence-corrected chi connectivity index (χ0v) is 11.7. The summed E-state index contributed by atoms with van der Waals surface area (Å²) in [6.45, 7) is 11.3. The Bertz CT molecular complexity index is 341. The van der Waals surface area contributed by atoms with Gasteiger partial charge in [0.1, 0.15) is 0 Å².